The number of anilines is 1. The molecule has 0 aliphatic carbocycles. The summed E-state index contributed by atoms with van der Waals surface area (Å²) < 4.78 is 5.32. The summed E-state index contributed by atoms with van der Waals surface area (Å²) in [7, 11) is 0. The summed E-state index contributed by atoms with van der Waals surface area (Å²) in [6.07, 6.45) is 0.651. The van der Waals surface area contributed by atoms with Crippen molar-refractivity contribution < 1.29 is 4.52 Å². The van der Waals surface area contributed by atoms with Crippen LogP contribution in [-0.4, -0.2) is 15.1 Å². The predicted molar refractivity (Wildman–Crippen MR) is 83.3 cm³/mol. The third-order valence-corrected chi connectivity index (χ3v) is 4.38. The Kier molecular flexibility index (Phi) is 3.47. The number of nitrogens with zero attached hydrogens (tertiary/aromatic N) is 3. The summed E-state index contributed by atoms with van der Waals surface area (Å²) in [5.74, 6) is 1.15. The van der Waals surface area contributed by atoms with Gasteiger partial charge < -0.3 is 10.3 Å². The lowest BCUT2D eigenvalue weighted by Crippen LogP contribution is -1.92. The number of hydrogen-bond donors (Lipinski definition) is 1. The third-order valence-electron chi connectivity index (χ3n) is 3.41. The first kappa shape index (κ1) is 13.8. The van der Waals surface area contributed by atoms with Crippen LogP contribution < -0.4 is 5.73 Å². The van der Waals surface area contributed by atoms with E-state index in [9.17, 15) is 0 Å². The summed E-state index contributed by atoms with van der Waals surface area (Å²) in [4.78, 5) is 9.45. The molecule has 0 aliphatic heterocycles. The first-order valence-corrected chi connectivity index (χ1v) is 7.46. The highest BCUT2D eigenvalue weighted by atomic mass is 32.1. The van der Waals surface area contributed by atoms with Gasteiger partial charge in [-0.15, -0.1) is 0 Å². The van der Waals surface area contributed by atoms with Gasteiger partial charge in [0, 0.05) is 6.42 Å². The van der Waals surface area contributed by atoms with Crippen molar-refractivity contribution in [3.05, 3.63) is 46.4 Å². The van der Waals surface area contributed by atoms with Gasteiger partial charge in [-0.3, -0.25) is 0 Å². The van der Waals surface area contributed by atoms with Gasteiger partial charge in [-0.25, -0.2) is 4.98 Å². The Balaban J connectivity index is 1.85. The van der Waals surface area contributed by atoms with Crippen LogP contribution in [0.1, 0.15) is 28.2 Å². The van der Waals surface area contributed by atoms with Crippen LogP contribution in [0.2, 0.25) is 0 Å². The van der Waals surface area contributed by atoms with Crippen molar-refractivity contribution in [2.45, 2.75) is 27.2 Å². The molecule has 0 radical (unpaired) electrons. The molecule has 21 heavy (non-hydrogen) atoms. The molecular weight excluding hydrogens is 284 g/mol. The predicted octanol–water partition coefficient (Wildman–Crippen LogP) is 3.29. The van der Waals surface area contributed by atoms with Gasteiger partial charge in [-0.2, -0.15) is 4.98 Å². The summed E-state index contributed by atoms with van der Waals surface area (Å²) in [6, 6.07) is 6.36. The summed E-state index contributed by atoms with van der Waals surface area (Å²) in [6.45, 7) is 6.09. The van der Waals surface area contributed by atoms with Gasteiger partial charge in [0.1, 0.15) is 4.88 Å². The highest BCUT2D eigenvalue weighted by Crippen LogP contribution is 2.30. The van der Waals surface area contributed by atoms with Crippen molar-refractivity contribution in [2.24, 2.45) is 0 Å². The largest absolute Gasteiger partial charge is 0.375 e. The summed E-state index contributed by atoms with van der Waals surface area (Å²) >= 11 is 1.36. The number of aryl methyl sites for hydroxylation is 3. The molecule has 0 amide bonds. The Morgan fingerprint density at radius 2 is 1.95 bits per heavy atom. The molecule has 0 bridgehead atoms. The van der Waals surface area contributed by atoms with E-state index in [1.54, 1.807) is 0 Å². The standard InChI is InChI=1S/C15H16N4OS/c1-8-4-5-11(6-9(8)2)7-12-18-14(20-19-12)13-10(3)17-15(16)21-13/h4-6H,7H2,1-3H3,(H2,16,17). The van der Waals surface area contributed by atoms with Crippen molar-refractivity contribution in [2.75, 3.05) is 5.73 Å². The lowest BCUT2D eigenvalue weighted by atomic mass is 10.0. The van der Waals surface area contributed by atoms with E-state index in [0.29, 0.717) is 23.3 Å². The number of nitrogen functional groups attached to an aromatic ring is 1. The lowest BCUT2D eigenvalue weighted by Gasteiger charge is -2.02. The second-order valence-corrected chi connectivity index (χ2v) is 6.11. The van der Waals surface area contributed by atoms with Gasteiger partial charge in [0.25, 0.3) is 5.89 Å². The molecule has 0 saturated carbocycles. The van der Waals surface area contributed by atoms with Crippen LogP contribution in [0, 0.1) is 20.8 Å². The third kappa shape index (κ3) is 2.80. The Hall–Kier alpha value is -2.21. The van der Waals surface area contributed by atoms with Gasteiger partial charge in [0.05, 0.1) is 5.69 Å². The molecule has 0 saturated heterocycles. The van der Waals surface area contributed by atoms with Crippen LogP contribution in [0.15, 0.2) is 22.7 Å². The second-order valence-electron chi connectivity index (χ2n) is 5.08. The van der Waals surface area contributed by atoms with Crippen LogP contribution in [-0.2, 0) is 6.42 Å². The van der Waals surface area contributed by atoms with Crippen molar-refractivity contribution in [3.8, 4) is 10.8 Å². The minimum atomic E-state index is 0.487. The first-order valence-electron chi connectivity index (χ1n) is 6.65. The number of aromatic nitrogens is 3. The number of rotatable bonds is 3. The van der Waals surface area contributed by atoms with Crippen LogP contribution in [0.5, 0.6) is 0 Å². The Morgan fingerprint density at radius 3 is 2.62 bits per heavy atom. The molecule has 0 aliphatic rings. The quantitative estimate of drug-likeness (QED) is 0.803. The molecule has 5 nitrogen and oxygen atoms in total. The molecule has 0 atom stereocenters. The van der Waals surface area contributed by atoms with Crippen LogP contribution in [0.4, 0.5) is 5.13 Å². The van der Waals surface area contributed by atoms with Crippen molar-refractivity contribution in [1.82, 2.24) is 15.1 Å². The van der Waals surface area contributed by atoms with E-state index in [4.69, 9.17) is 10.3 Å². The molecule has 0 spiro atoms. The number of hydrogen-bond acceptors (Lipinski definition) is 6. The van der Waals surface area contributed by atoms with Gasteiger partial charge in [0.15, 0.2) is 11.0 Å². The minimum absolute atomic E-state index is 0.487. The molecule has 108 valence electrons. The Morgan fingerprint density at radius 1 is 1.14 bits per heavy atom. The fourth-order valence-corrected chi connectivity index (χ4v) is 2.89. The van der Waals surface area contributed by atoms with Gasteiger partial charge in [-0.05, 0) is 37.5 Å². The topological polar surface area (TPSA) is 77.8 Å². The van der Waals surface area contributed by atoms with E-state index in [2.05, 4.69) is 47.2 Å². The van der Waals surface area contributed by atoms with E-state index < -0.39 is 0 Å². The normalized spacial score (nSPS) is 11.0. The summed E-state index contributed by atoms with van der Waals surface area (Å²) in [5, 5.41) is 4.55. The minimum Gasteiger partial charge on any atom is -0.375 e. The summed E-state index contributed by atoms with van der Waals surface area (Å²) in [5.41, 5.74) is 10.2. The van der Waals surface area contributed by atoms with E-state index in [-0.39, 0.29) is 0 Å². The zero-order chi connectivity index (χ0) is 15.0. The maximum Gasteiger partial charge on any atom is 0.270 e. The maximum absolute atomic E-state index is 5.70. The van der Waals surface area contributed by atoms with Crippen molar-refractivity contribution in [3.63, 3.8) is 0 Å². The number of benzene rings is 1. The average Bonchev–Trinajstić information content (AvgIpc) is 3.00. The van der Waals surface area contributed by atoms with E-state index in [1.165, 1.54) is 28.0 Å². The SMILES string of the molecule is Cc1ccc(Cc2noc(-c3sc(N)nc3C)n2)cc1C. The zero-order valence-electron chi connectivity index (χ0n) is 12.2. The van der Waals surface area contributed by atoms with Gasteiger partial charge in [0.2, 0.25) is 0 Å². The first-order chi connectivity index (χ1) is 10.0. The van der Waals surface area contributed by atoms with Gasteiger partial charge in [-0.1, -0.05) is 34.7 Å². The van der Waals surface area contributed by atoms with Crippen molar-refractivity contribution in [1.29, 1.82) is 0 Å². The molecule has 0 unspecified atom stereocenters. The van der Waals surface area contributed by atoms with Crippen LogP contribution >= 0.6 is 11.3 Å². The number of thiazole rings is 1. The lowest BCUT2D eigenvalue weighted by molar-refractivity contribution is 0.424. The smallest absolute Gasteiger partial charge is 0.270 e. The Labute approximate surface area is 126 Å². The molecule has 3 aromatic rings. The number of nitrogens with two attached hydrogens (primary N) is 1. The highest BCUT2D eigenvalue weighted by molar-refractivity contribution is 7.18. The van der Waals surface area contributed by atoms with Crippen molar-refractivity contribution >= 4 is 16.5 Å². The molecule has 2 N–H and O–H groups in total. The van der Waals surface area contributed by atoms with E-state index in [0.717, 1.165) is 10.6 Å². The molecular formula is C15H16N4OS. The fraction of sp³-hybridized carbons (Fsp3) is 0.267. The maximum atomic E-state index is 5.70. The molecule has 2 heterocycles. The molecule has 3 rings (SSSR count). The second kappa shape index (κ2) is 5.29. The molecule has 2 aromatic heterocycles. The molecule has 0 fully saturated rings. The highest BCUT2D eigenvalue weighted by Gasteiger charge is 2.15. The fourth-order valence-electron chi connectivity index (χ4n) is 2.13. The van der Waals surface area contributed by atoms with E-state index >= 15 is 0 Å². The van der Waals surface area contributed by atoms with Gasteiger partial charge >= 0.3 is 0 Å². The monoisotopic (exact) mass is 300 g/mol. The van der Waals surface area contributed by atoms with Crippen LogP contribution in [0.25, 0.3) is 10.8 Å². The van der Waals surface area contributed by atoms with E-state index in [1.807, 2.05) is 6.92 Å². The average molecular weight is 300 g/mol. The zero-order valence-corrected chi connectivity index (χ0v) is 13.0. The molecule has 1 aromatic carbocycles. The Bertz CT molecular complexity index is 791. The van der Waals surface area contributed by atoms with Crippen LogP contribution in [0.3, 0.4) is 0 Å². The molecule has 6 heteroatoms.